The topological polar surface area (TPSA) is 113 Å². The van der Waals surface area contributed by atoms with E-state index in [1.807, 2.05) is 32.7 Å². The van der Waals surface area contributed by atoms with Gasteiger partial charge in [0.05, 0.1) is 46.5 Å². The van der Waals surface area contributed by atoms with Crippen molar-refractivity contribution in [3.05, 3.63) is 39.4 Å². The fourth-order valence-corrected chi connectivity index (χ4v) is 6.03. The average Bonchev–Trinajstić information content (AvgIpc) is 3.26. The Morgan fingerprint density at radius 2 is 1.76 bits per heavy atom. The summed E-state index contributed by atoms with van der Waals surface area (Å²) < 4.78 is 46.6. The number of carbonyl (C=O) groups is 2. The smallest absolute Gasteiger partial charge is 0.377 e. The number of fused-ring (bicyclic) bond motifs is 1. The third kappa shape index (κ3) is 7.16. The lowest BCUT2D eigenvalue weighted by molar-refractivity contribution is -0.182. The largest absolute Gasteiger partial charge is 0.391 e. The van der Waals surface area contributed by atoms with Gasteiger partial charge in [-0.25, -0.2) is 9.97 Å². The van der Waals surface area contributed by atoms with Crippen LogP contribution in [0.4, 0.5) is 30.6 Å². The molecular weight excluding hydrogens is 646 g/mol. The number of amides is 2. The number of pyridine rings is 1. The first-order valence-electron chi connectivity index (χ1n) is 15.1. The lowest BCUT2D eigenvalue weighted by Gasteiger charge is -2.36. The van der Waals surface area contributed by atoms with E-state index < -0.39 is 23.4 Å². The number of nitrogens with one attached hydrogen (secondary N) is 3. The summed E-state index contributed by atoms with van der Waals surface area (Å²) in [7, 11) is 3.58. The zero-order valence-corrected chi connectivity index (χ0v) is 27.8. The summed E-state index contributed by atoms with van der Waals surface area (Å²) in [4.78, 5) is 37.4. The molecule has 0 radical (unpaired) electrons. The maximum Gasteiger partial charge on any atom is 0.391 e. The highest BCUT2D eigenvalue weighted by atomic mass is 35.5. The van der Waals surface area contributed by atoms with E-state index in [9.17, 15) is 22.8 Å². The van der Waals surface area contributed by atoms with Crippen molar-refractivity contribution in [2.24, 2.45) is 18.4 Å². The number of hydrogen-bond donors (Lipinski definition) is 3. The summed E-state index contributed by atoms with van der Waals surface area (Å²) in [6.07, 6.45) is -3.80. The van der Waals surface area contributed by atoms with Crippen molar-refractivity contribution in [1.82, 2.24) is 25.2 Å². The maximum absolute atomic E-state index is 13.6. The number of imidazole rings is 1. The predicted octanol–water partition coefficient (Wildman–Crippen LogP) is 6.37. The zero-order valence-electron chi connectivity index (χ0n) is 26.3. The van der Waals surface area contributed by atoms with Crippen LogP contribution in [0.5, 0.6) is 0 Å². The van der Waals surface area contributed by atoms with E-state index >= 15 is 0 Å². The molecule has 15 heteroatoms. The van der Waals surface area contributed by atoms with Crippen molar-refractivity contribution >= 4 is 63.6 Å². The first kappa shape index (κ1) is 34.1. The molecule has 1 saturated carbocycles. The molecule has 3 aromatic rings. The molecule has 3 N–H and O–H groups in total. The third-order valence-electron chi connectivity index (χ3n) is 8.63. The fourth-order valence-electron chi connectivity index (χ4n) is 5.50. The Labute approximate surface area is 275 Å². The van der Waals surface area contributed by atoms with Crippen LogP contribution in [0.1, 0.15) is 62.4 Å². The first-order chi connectivity index (χ1) is 21.5. The number of likely N-dealkylation sites (N-methyl/N-ethyl adjacent to an activating group) is 1. The predicted molar refractivity (Wildman–Crippen MR) is 172 cm³/mol. The van der Waals surface area contributed by atoms with Crippen molar-refractivity contribution in [3.63, 3.8) is 0 Å². The number of aryl methyl sites for hydroxylation is 1. The molecule has 0 spiro atoms. The number of carbonyl (C=O) groups excluding carboxylic acids is 2. The van der Waals surface area contributed by atoms with Gasteiger partial charge >= 0.3 is 6.18 Å². The van der Waals surface area contributed by atoms with Gasteiger partial charge in [-0.15, -0.1) is 0 Å². The van der Waals surface area contributed by atoms with Gasteiger partial charge < -0.3 is 25.6 Å². The van der Waals surface area contributed by atoms with Crippen molar-refractivity contribution in [3.8, 4) is 0 Å². The second kappa shape index (κ2) is 13.1. The Bertz CT molecular complexity index is 1630. The van der Waals surface area contributed by atoms with Crippen LogP contribution in [-0.4, -0.2) is 64.9 Å². The lowest BCUT2D eigenvalue weighted by Crippen LogP contribution is -2.48. The number of ether oxygens (including phenoxy) is 1. The average molecular weight is 685 g/mol. The Morgan fingerprint density at radius 1 is 1.09 bits per heavy atom. The first-order valence-corrected chi connectivity index (χ1v) is 15.9. The van der Waals surface area contributed by atoms with Gasteiger partial charge in [0.15, 0.2) is 5.65 Å². The molecule has 0 bridgehead atoms. The zero-order chi connectivity index (χ0) is 33.6. The highest BCUT2D eigenvalue weighted by Crippen LogP contribution is 2.39. The number of hydrogen-bond acceptors (Lipinski definition) is 7. The minimum absolute atomic E-state index is 0.00340. The Balaban J connectivity index is 1.43. The summed E-state index contributed by atoms with van der Waals surface area (Å²) in [5, 5.41) is 9.66. The molecule has 3 heterocycles. The van der Waals surface area contributed by atoms with Crippen LogP contribution in [0.15, 0.2) is 18.2 Å². The number of aromatic nitrogens is 3. The van der Waals surface area contributed by atoms with Gasteiger partial charge in [0.1, 0.15) is 11.3 Å². The molecule has 0 unspecified atom stereocenters. The number of rotatable bonds is 8. The van der Waals surface area contributed by atoms with Crippen molar-refractivity contribution in [2.75, 3.05) is 30.5 Å². The molecule has 1 aromatic carbocycles. The molecule has 46 heavy (non-hydrogen) atoms. The van der Waals surface area contributed by atoms with Crippen molar-refractivity contribution in [2.45, 2.75) is 71.3 Å². The van der Waals surface area contributed by atoms with Gasteiger partial charge in [-0.05, 0) is 43.4 Å². The molecule has 1 saturated heterocycles. The lowest BCUT2D eigenvalue weighted by atomic mass is 9.85. The van der Waals surface area contributed by atoms with Crippen LogP contribution in [0.25, 0.3) is 11.2 Å². The molecule has 2 aromatic heterocycles. The second-order valence-electron chi connectivity index (χ2n) is 13.0. The van der Waals surface area contributed by atoms with E-state index in [2.05, 4.69) is 20.9 Å². The Kier molecular flexibility index (Phi) is 9.68. The fraction of sp³-hybridized carbons (Fsp3) is 0.548. The Hall–Kier alpha value is -3.29. The molecule has 0 atom stereocenters. The molecule has 2 amide bonds. The van der Waals surface area contributed by atoms with E-state index in [0.717, 1.165) is 0 Å². The van der Waals surface area contributed by atoms with E-state index in [4.69, 9.17) is 32.9 Å². The minimum Gasteiger partial charge on any atom is -0.377 e. The van der Waals surface area contributed by atoms with Gasteiger partial charge in [-0.3, -0.25) is 14.2 Å². The van der Waals surface area contributed by atoms with Crippen LogP contribution in [0, 0.1) is 11.3 Å². The van der Waals surface area contributed by atoms with Gasteiger partial charge in [-0.1, -0.05) is 50.0 Å². The van der Waals surface area contributed by atoms with Crippen LogP contribution in [0.3, 0.4) is 0 Å². The maximum atomic E-state index is 13.6. The third-order valence-corrected chi connectivity index (χ3v) is 9.37. The van der Waals surface area contributed by atoms with Crippen LogP contribution >= 0.6 is 23.2 Å². The molecule has 5 rings (SSSR count). The normalized spacial score (nSPS) is 19.1. The van der Waals surface area contributed by atoms with Crippen molar-refractivity contribution in [1.29, 1.82) is 0 Å². The molecule has 10 nitrogen and oxygen atoms in total. The minimum atomic E-state index is -4.23. The van der Waals surface area contributed by atoms with Gasteiger partial charge in [0.2, 0.25) is 11.9 Å². The number of alkyl halides is 3. The monoisotopic (exact) mass is 683 g/mol. The summed E-state index contributed by atoms with van der Waals surface area (Å²) in [6, 6.07) is 4.67. The molecular formula is C31H38Cl2F3N7O3. The highest BCUT2D eigenvalue weighted by molar-refractivity contribution is 6.39. The number of anilines is 3. The molecule has 1 aliphatic heterocycles. The standard InChI is InChI=1S/C31H38Cl2F3N7O3/c1-30(2,3)28(45)37-13-16-6-11-21(32)24(23(16)33)40-29-39-22-12-20(25(41-26(22)43(29)5)42(4)19-14-46-15-19)27(44)38-18-9-7-17(8-10-18)31(34,35)36/h6,11-12,17-19H,7-10,13-15H2,1-5H3,(H,37,45)(H,38,44)(H,39,40)/t17-,18-. The van der Waals surface area contributed by atoms with E-state index in [-0.39, 0.29) is 55.8 Å². The van der Waals surface area contributed by atoms with Crippen LogP contribution in [-0.2, 0) is 23.1 Å². The summed E-state index contributed by atoms with van der Waals surface area (Å²) in [6.45, 7) is 6.60. The number of halogens is 5. The molecule has 1 aliphatic carbocycles. The molecule has 2 aliphatic rings. The van der Waals surface area contributed by atoms with Crippen LogP contribution < -0.4 is 20.9 Å². The number of nitrogens with zero attached hydrogens (tertiary/aromatic N) is 4. The van der Waals surface area contributed by atoms with Gasteiger partial charge in [0.25, 0.3) is 5.91 Å². The highest BCUT2D eigenvalue weighted by Gasteiger charge is 2.42. The van der Waals surface area contributed by atoms with E-state index in [1.54, 1.807) is 29.8 Å². The van der Waals surface area contributed by atoms with E-state index in [1.165, 1.54) is 0 Å². The van der Waals surface area contributed by atoms with Crippen LogP contribution in [0.2, 0.25) is 10.0 Å². The van der Waals surface area contributed by atoms with Gasteiger partial charge in [-0.2, -0.15) is 13.2 Å². The second-order valence-corrected chi connectivity index (χ2v) is 13.8. The molecule has 2 fully saturated rings. The summed E-state index contributed by atoms with van der Waals surface area (Å²) in [5.41, 5.74) is 1.63. The quantitative estimate of drug-likeness (QED) is 0.253. The SMILES string of the molecule is CN(c1nc2c(cc1C(=O)N[C@H]1CC[C@H](C(F)(F)F)CC1)nc(Nc1c(Cl)ccc(CNC(=O)C(C)(C)C)c1Cl)n2C)C1COC1. The van der Waals surface area contributed by atoms with Gasteiger partial charge in [0, 0.05) is 32.1 Å². The molecule has 250 valence electrons. The summed E-state index contributed by atoms with van der Waals surface area (Å²) >= 11 is 13.3. The van der Waals surface area contributed by atoms with E-state index in [0.29, 0.717) is 57.4 Å². The summed E-state index contributed by atoms with van der Waals surface area (Å²) in [5.74, 6) is -1.14. The van der Waals surface area contributed by atoms with Crippen molar-refractivity contribution < 1.29 is 27.5 Å². The number of benzene rings is 1. The Morgan fingerprint density at radius 3 is 2.35 bits per heavy atom.